The Hall–Kier alpha value is -2.30. The number of rotatable bonds is 2. The predicted octanol–water partition coefficient (Wildman–Crippen LogP) is 0.468. The molecule has 0 atom stereocenters. The van der Waals surface area contributed by atoms with E-state index in [-0.39, 0.29) is 12.5 Å². The number of amides is 1. The standard InChI is InChI=1S/C12H11N3O2/c13-11(16)6-15-5-8-7-17-10-4-2-1-3-9(10)12(8)14-15/h1-4,7H,5-6H2,(H2,13,16). The van der Waals surface area contributed by atoms with Crippen molar-refractivity contribution in [3.8, 4) is 5.75 Å². The van der Waals surface area contributed by atoms with Crippen LogP contribution in [-0.4, -0.2) is 29.7 Å². The number of hydrogen-bond donors (Lipinski definition) is 1. The van der Waals surface area contributed by atoms with Crippen molar-refractivity contribution in [2.45, 2.75) is 0 Å². The van der Waals surface area contributed by atoms with E-state index in [0.29, 0.717) is 6.54 Å². The first kappa shape index (κ1) is 9.89. The minimum Gasteiger partial charge on any atom is -0.464 e. The number of hydrogen-bond acceptors (Lipinski definition) is 4. The Morgan fingerprint density at radius 2 is 2.29 bits per heavy atom. The molecule has 2 aliphatic rings. The van der Waals surface area contributed by atoms with E-state index < -0.39 is 0 Å². The van der Waals surface area contributed by atoms with Gasteiger partial charge in [0.1, 0.15) is 18.0 Å². The average Bonchev–Trinajstić information content (AvgIpc) is 2.70. The van der Waals surface area contributed by atoms with Gasteiger partial charge in [-0.3, -0.25) is 9.80 Å². The summed E-state index contributed by atoms with van der Waals surface area (Å²) in [5.41, 5.74) is 7.96. The molecule has 0 aliphatic carbocycles. The molecule has 1 aromatic carbocycles. The fourth-order valence-corrected chi connectivity index (χ4v) is 2.00. The van der Waals surface area contributed by atoms with Crippen molar-refractivity contribution in [1.29, 1.82) is 0 Å². The lowest BCUT2D eigenvalue weighted by atomic mass is 10.0. The van der Waals surface area contributed by atoms with Crippen LogP contribution in [0, 0.1) is 0 Å². The second-order valence-corrected chi connectivity index (χ2v) is 3.99. The highest BCUT2D eigenvalue weighted by Gasteiger charge is 2.27. The Balaban J connectivity index is 1.97. The van der Waals surface area contributed by atoms with Gasteiger partial charge in [0.25, 0.3) is 0 Å². The molecule has 0 saturated heterocycles. The van der Waals surface area contributed by atoms with E-state index in [0.717, 1.165) is 22.6 Å². The second kappa shape index (κ2) is 3.62. The van der Waals surface area contributed by atoms with Gasteiger partial charge in [0.2, 0.25) is 5.91 Å². The summed E-state index contributed by atoms with van der Waals surface area (Å²) in [5, 5.41) is 6.04. The molecule has 17 heavy (non-hydrogen) atoms. The first-order valence-corrected chi connectivity index (χ1v) is 5.31. The maximum absolute atomic E-state index is 10.9. The molecule has 0 radical (unpaired) electrons. The van der Waals surface area contributed by atoms with Crippen molar-refractivity contribution in [2.75, 3.05) is 13.1 Å². The number of hydrazone groups is 1. The molecule has 86 valence electrons. The summed E-state index contributed by atoms with van der Waals surface area (Å²) in [7, 11) is 0. The number of benzene rings is 1. The summed E-state index contributed by atoms with van der Waals surface area (Å²) in [6, 6.07) is 7.69. The Morgan fingerprint density at radius 3 is 3.12 bits per heavy atom. The van der Waals surface area contributed by atoms with Crippen molar-refractivity contribution < 1.29 is 9.53 Å². The van der Waals surface area contributed by atoms with Crippen molar-refractivity contribution >= 4 is 11.6 Å². The largest absolute Gasteiger partial charge is 0.464 e. The molecule has 0 spiro atoms. The molecule has 3 rings (SSSR count). The number of carbonyl (C=O) groups is 1. The molecule has 0 aromatic heterocycles. The van der Waals surface area contributed by atoms with Crippen molar-refractivity contribution in [3.63, 3.8) is 0 Å². The fourth-order valence-electron chi connectivity index (χ4n) is 2.00. The average molecular weight is 229 g/mol. The molecule has 5 heteroatoms. The molecule has 0 unspecified atom stereocenters. The van der Waals surface area contributed by atoms with Crippen LogP contribution in [0.4, 0.5) is 0 Å². The van der Waals surface area contributed by atoms with Gasteiger partial charge >= 0.3 is 0 Å². The maximum Gasteiger partial charge on any atom is 0.238 e. The summed E-state index contributed by atoms with van der Waals surface area (Å²) in [4.78, 5) is 10.9. The van der Waals surface area contributed by atoms with Crippen LogP contribution in [0.5, 0.6) is 5.75 Å². The number of fused-ring (bicyclic) bond motifs is 3. The van der Waals surface area contributed by atoms with Gasteiger partial charge in [-0.05, 0) is 12.1 Å². The highest BCUT2D eigenvalue weighted by molar-refractivity contribution is 6.16. The third-order valence-electron chi connectivity index (χ3n) is 2.71. The van der Waals surface area contributed by atoms with Crippen LogP contribution in [0.3, 0.4) is 0 Å². The van der Waals surface area contributed by atoms with Gasteiger partial charge in [-0.15, -0.1) is 0 Å². The molecule has 2 aliphatic heterocycles. The minimum absolute atomic E-state index is 0.128. The normalized spacial score (nSPS) is 16.6. The fraction of sp³-hybridized carbons (Fsp3) is 0.167. The summed E-state index contributed by atoms with van der Waals surface area (Å²) < 4.78 is 5.50. The van der Waals surface area contributed by atoms with E-state index in [1.165, 1.54) is 0 Å². The van der Waals surface area contributed by atoms with Crippen molar-refractivity contribution in [1.82, 2.24) is 5.01 Å². The van der Waals surface area contributed by atoms with Crippen LogP contribution in [0.25, 0.3) is 0 Å². The summed E-state index contributed by atoms with van der Waals surface area (Å²) in [6.45, 7) is 0.690. The van der Waals surface area contributed by atoms with Gasteiger partial charge in [-0.25, -0.2) is 0 Å². The number of nitrogens with two attached hydrogens (primary N) is 1. The van der Waals surface area contributed by atoms with E-state index in [2.05, 4.69) is 5.10 Å². The molecule has 1 aromatic rings. The number of carbonyl (C=O) groups excluding carboxylic acids is 1. The highest BCUT2D eigenvalue weighted by atomic mass is 16.5. The van der Waals surface area contributed by atoms with Crippen LogP contribution >= 0.6 is 0 Å². The molecule has 0 fully saturated rings. The Bertz CT molecular complexity index is 548. The van der Waals surface area contributed by atoms with Crippen LogP contribution in [-0.2, 0) is 4.79 Å². The molecule has 0 saturated carbocycles. The molecule has 5 nitrogen and oxygen atoms in total. The topological polar surface area (TPSA) is 67.9 Å². The van der Waals surface area contributed by atoms with Crippen LogP contribution in [0.1, 0.15) is 5.56 Å². The minimum atomic E-state index is -0.386. The molecule has 1 amide bonds. The first-order valence-electron chi connectivity index (χ1n) is 5.31. The molecular weight excluding hydrogens is 218 g/mol. The van der Waals surface area contributed by atoms with Gasteiger partial charge in [-0.1, -0.05) is 12.1 Å². The van der Waals surface area contributed by atoms with E-state index in [1.807, 2.05) is 24.3 Å². The first-order chi connectivity index (χ1) is 8.24. The van der Waals surface area contributed by atoms with Crippen LogP contribution < -0.4 is 10.5 Å². The summed E-state index contributed by atoms with van der Waals surface area (Å²) in [6.07, 6.45) is 1.68. The van der Waals surface area contributed by atoms with E-state index >= 15 is 0 Å². The van der Waals surface area contributed by atoms with Crippen LogP contribution in [0.15, 0.2) is 41.2 Å². The van der Waals surface area contributed by atoms with Gasteiger partial charge in [0, 0.05) is 11.1 Å². The van der Waals surface area contributed by atoms with E-state index in [9.17, 15) is 4.79 Å². The maximum atomic E-state index is 10.9. The molecule has 2 N–H and O–H groups in total. The lowest BCUT2D eigenvalue weighted by molar-refractivity contribution is -0.118. The van der Waals surface area contributed by atoms with E-state index in [1.54, 1.807) is 11.3 Å². The van der Waals surface area contributed by atoms with Gasteiger partial charge in [0.15, 0.2) is 0 Å². The SMILES string of the molecule is NC(=O)CN1CC2=COc3ccccc3C2=N1. The van der Waals surface area contributed by atoms with Gasteiger partial charge in [-0.2, -0.15) is 5.10 Å². The van der Waals surface area contributed by atoms with Crippen molar-refractivity contribution in [2.24, 2.45) is 10.8 Å². The van der Waals surface area contributed by atoms with Crippen molar-refractivity contribution in [3.05, 3.63) is 41.7 Å². The van der Waals surface area contributed by atoms with E-state index in [4.69, 9.17) is 10.5 Å². The lowest BCUT2D eigenvalue weighted by Gasteiger charge is -2.14. The number of nitrogens with zero attached hydrogens (tertiary/aromatic N) is 2. The molecular formula is C12H11N3O2. The molecule has 0 bridgehead atoms. The van der Waals surface area contributed by atoms with Crippen LogP contribution in [0.2, 0.25) is 0 Å². The number of para-hydroxylation sites is 1. The quantitative estimate of drug-likeness (QED) is 0.801. The third-order valence-corrected chi connectivity index (χ3v) is 2.71. The van der Waals surface area contributed by atoms with Gasteiger partial charge < -0.3 is 10.5 Å². The zero-order chi connectivity index (χ0) is 11.8. The number of primary amides is 1. The highest BCUT2D eigenvalue weighted by Crippen LogP contribution is 2.30. The zero-order valence-electron chi connectivity index (χ0n) is 9.09. The predicted molar refractivity (Wildman–Crippen MR) is 62.5 cm³/mol. The van der Waals surface area contributed by atoms with Gasteiger partial charge in [0.05, 0.1) is 12.8 Å². The monoisotopic (exact) mass is 229 g/mol. The Morgan fingerprint density at radius 1 is 1.47 bits per heavy atom. The Labute approximate surface area is 98.2 Å². The number of ether oxygens (including phenoxy) is 1. The second-order valence-electron chi connectivity index (χ2n) is 3.99. The summed E-state index contributed by atoms with van der Waals surface area (Å²) >= 11 is 0. The Kier molecular flexibility index (Phi) is 2.11. The zero-order valence-corrected chi connectivity index (χ0v) is 9.09. The third kappa shape index (κ3) is 1.65. The summed E-state index contributed by atoms with van der Waals surface area (Å²) in [5.74, 6) is 0.402. The lowest BCUT2D eigenvalue weighted by Crippen LogP contribution is -2.28. The smallest absolute Gasteiger partial charge is 0.238 e. The molecule has 2 heterocycles.